The maximum absolute atomic E-state index is 5.35. The maximum Gasteiger partial charge on any atom is 0.0502 e. The van der Waals surface area contributed by atoms with Crippen molar-refractivity contribution in [2.45, 2.75) is 57.5 Å². The van der Waals surface area contributed by atoms with E-state index in [1.807, 2.05) is 7.11 Å². The zero-order valence-electron chi connectivity index (χ0n) is 12.2. The van der Waals surface area contributed by atoms with Gasteiger partial charge in [0.15, 0.2) is 0 Å². The van der Waals surface area contributed by atoms with Crippen molar-refractivity contribution in [2.75, 3.05) is 33.4 Å². The van der Waals surface area contributed by atoms with Gasteiger partial charge in [0.2, 0.25) is 0 Å². The Balaban J connectivity index is 1.90. The van der Waals surface area contributed by atoms with Crippen LogP contribution in [0.25, 0.3) is 0 Å². The smallest absolute Gasteiger partial charge is 0.0502 e. The van der Waals surface area contributed by atoms with Gasteiger partial charge in [0.05, 0.1) is 6.61 Å². The summed E-state index contributed by atoms with van der Waals surface area (Å²) in [7, 11) is 1.83. The van der Waals surface area contributed by atoms with Crippen molar-refractivity contribution >= 4 is 0 Å². The van der Waals surface area contributed by atoms with Crippen LogP contribution in [0.3, 0.4) is 0 Å². The van der Waals surface area contributed by atoms with Gasteiger partial charge in [-0.3, -0.25) is 4.90 Å². The molecule has 1 heterocycles. The summed E-state index contributed by atoms with van der Waals surface area (Å²) in [5, 5.41) is 3.71. The Morgan fingerprint density at radius 2 is 2.00 bits per heavy atom. The monoisotopic (exact) mass is 254 g/mol. The van der Waals surface area contributed by atoms with E-state index in [1.54, 1.807) is 0 Å². The van der Waals surface area contributed by atoms with Crippen molar-refractivity contribution in [2.24, 2.45) is 5.92 Å². The van der Waals surface area contributed by atoms with Crippen LogP contribution in [-0.2, 0) is 4.74 Å². The molecule has 0 amide bonds. The number of methoxy groups -OCH3 is 1. The largest absolute Gasteiger partial charge is 0.384 e. The van der Waals surface area contributed by atoms with Gasteiger partial charge < -0.3 is 10.1 Å². The Morgan fingerprint density at radius 1 is 1.17 bits per heavy atom. The second-order valence-electron chi connectivity index (χ2n) is 5.97. The predicted molar refractivity (Wildman–Crippen MR) is 75.9 cm³/mol. The van der Waals surface area contributed by atoms with Crippen LogP contribution < -0.4 is 5.32 Å². The number of hydrogen-bond donors (Lipinski definition) is 1. The molecule has 1 aliphatic carbocycles. The molecular formula is C15H30N2O. The molecule has 3 nitrogen and oxygen atoms in total. The fourth-order valence-electron chi connectivity index (χ4n) is 3.82. The van der Waals surface area contributed by atoms with Crippen LogP contribution in [0.4, 0.5) is 0 Å². The molecule has 0 aromatic rings. The van der Waals surface area contributed by atoms with E-state index in [-0.39, 0.29) is 0 Å². The number of nitrogens with one attached hydrogen (secondary N) is 1. The molecule has 3 heteroatoms. The van der Waals surface area contributed by atoms with Crippen molar-refractivity contribution in [1.82, 2.24) is 10.2 Å². The number of nitrogens with zero attached hydrogens (tertiary/aromatic N) is 1. The minimum absolute atomic E-state index is 0.727. The van der Waals surface area contributed by atoms with Crippen molar-refractivity contribution in [3.63, 3.8) is 0 Å². The zero-order valence-corrected chi connectivity index (χ0v) is 12.2. The average molecular weight is 254 g/mol. The molecule has 3 atom stereocenters. The summed E-state index contributed by atoms with van der Waals surface area (Å²) in [5.41, 5.74) is 0. The van der Waals surface area contributed by atoms with Gasteiger partial charge in [-0.25, -0.2) is 0 Å². The average Bonchev–Trinajstić information content (AvgIpc) is 2.40. The summed E-state index contributed by atoms with van der Waals surface area (Å²) in [6.07, 6.45) is 8.27. The van der Waals surface area contributed by atoms with Crippen LogP contribution in [0.5, 0.6) is 0 Å². The molecule has 1 N–H and O–H groups in total. The Bertz CT molecular complexity index is 231. The quantitative estimate of drug-likeness (QED) is 0.814. The highest BCUT2D eigenvalue weighted by Crippen LogP contribution is 2.27. The lowest BCUT2D eigenvalue weighted by atomic mass is 9.86. The van der Waals surface area contributed by atoms with Gasteiger partial charge in [0, 0.05) is 25.7 Å². The molecule has 2 fully saturated rings. The lowest BCUT2D eigenvalue weighted by molar-refractivity contribution is 0.0445. The second kappa shape index (κ2) is 7.46. The van der Waals surface area contributed by atoms with E-state index in [9.17, 15) is 0 Å². The summed E-state index contributed by atoms with van der Waals surface area (Å²) in [5.74, 6) is 0.757. The summed E-state index contributed by atoms with van der Waals surface area (Å²) in [6, 6.07) is 1.50. The van der Waals surface area contributed by atoms with Crippen LogP contribution in [0, 0.1) is 5.92 Å². The van der Waals surface area contributed by atoms with Gasteiger partial charge in [0.1, 0.15) is 0 Å². The summed E-state index contributed by atoms with van der Waals surface area (Å²) in [4.78, 5) is 2.75. The Kier molecular flexibility index (Phi) is 5.93. The molecule has 2 aliphatic rings. The first kappa shape index (κ1) is 14.3. The fraction of sp³-hybridized carbons (Fsp3) is 1.00. The molecule has 0 radical (unpaired) electrons. The second-order valence-corrected chi connectivity index (χ2v) is 5.97. The van der Waals surface area contributed by atoms with Crippen LogP contribution in [-0.4, -0.2) is 50.3 Å². The summed E-state index contributed by atoms with van der Waals surface area (Å²) in [6.45, 7) is 6.83. The number of hydrogen-bond acceptors (Lipinski definition) is 3. The molecular weight excluding hydrogens is 224 g/mol. The van der Waals surface area contributed by atoms with E-state index in [2.05, 4.69) is 17.1 Å². The molecule has 0 aromatic heterocycles. The van der Waals surface area contributed by atoms with Crippen LogP contribution in [0.2, 0.25) is 0 Å². The van der Waals surface area contributed by atoms with Crippen LogP contribution >= 0.6 is 0 Å². The molecule has 106 valence electrons. The first-order chi connectivity index (χ1) is 8.85. The number of likely N-dealkylation sites (tertiary alicyclic amines) is 1. The molecule has 0 spiro atoms. The van der Waals surface area contributed by atoms with E-state index in [4.69, 9.17) is 4.74 Å². The zero-order chi connectivity index (χ0) is 12.8. The van der Waals surface area contributed by atoms with E-state index < -0.39 is 0 Å². The maximum atomic E-state index is 5.35. The normalized spacial score (nSPS) is 34.7. The van der Waals surface area contributed by atoms with Crippen molar-refractivity contribution in [3.05, 3.63) is 0 Å². The van der Waals surface area contributed by atoms with Gasteiger partial charge in [-0.2, -0.15) is 0 Å². The Hall–Kier alpha value is -0.120. The Labute approximate surface area is 112 Å². The number of rotatable bonds is 5. The molecule has 18 heavy (non-hydrogen) atoms. The first-order valence-electron chi connectivity index (χ1n) is 7.81. The summed E-state index contributed by atoms with van der Waals surface area (Å²) >= 11 is 0. The minimum Gasteiger partial charge on any atom is -0.384 e. The lowest BCUT2D eigenvalue weighted by Gasteiger charge is -2.44. The van der Waals surface area contributed by atoms with E-state index in [0.29, 0.717) is 0 Å². The topological polar surface area (TPSA) is 24.5 Å². The van der Waals surface area contributed by atoms with Gasteiger partial charge in [-0.05, 0) is 44.7 Å². The highest BCUT2D eigenvalue weighted by atomic mass is 16.5. The lowest BCUT2D eigenvalue weighted by Crippen LogP contribution is -2.54. The number of likely N-dealkylation sites (N-methyl/N-ethyl adjacent to an activating group) is 1. The highest BCUT2D eigenvalue weighted by Gasteiger charge is 2.32. The SMILES string of the molecule is CCNC1CCCCC1N1CCCC(COC)C1. The third kappa shape index (κ3) is 3.69. The Morgan fingerprint density at radius 3 is 2.78 bits per heavy atom. The molecule has 1 saturated carbocycles. The standard InChI is InChI=1S/C15H30N2O/c1-3-16-14-8-4-5-9-15(14)17-10-6-7-13(11-17)12-18-2/h13-16H,3-12H2,1-2H3. The van der Waals surface area contributed by atoms with Crippen molar-refractivity contribution in [3.8, 4) is 0 Å². The van der Waals surface area contributed by atoms with E-state index in [1.165, 1.54) is 51.6 Å². The number of piperidine rings is 1. The third-order valence-corrected chi connectivity index (χ3v) is 4.62. The molecule has 1 aliphatic heterocycles. The summed E-state index contributed by atoms with van der Waals surface area (Å²) < 4.78 is 5.35. The van der Waals surface area contributed by atoms with Gasteiger partial charge in [0.25, 0.3) is 0 Å². The van der Waals surface area contributed by atoms with E-state index in [0.717, 1.165) is 31.2 Å². The van der Waals surface area contributed by atoms with Crippen LogP contribution in [0.1, 0.15) is 45.4 Å². The molecule has 0 bridgehead atoms. The van der Waals surface area contributed by atoms with Crippen molar-refractivity contribution < 1.29 is 4.74 Å². The molecule has 3 unspecified atom stereocenters. The van der Waals surface area contributed by atoms with Crippen molar-refractivity contribution in [1.29, 1.82) is 0 Å². The fourth-order valence-corrected chi connectivity index (χ4v) is 3.82. The highest BCUT2D eigenvalue weighted by molar-refractivity contribution is 4.90. The number of ether oxygens (including phenoxy) is 1. The molecule has 0 aromatic carbocycles. The van der Waals surface area contributed by atoms with E-state index >= 15 is 0 Å². The molecule has 2 rings (SSSR count). The third-order valence-electron chi connectivity index (χ3n) is 4.62. The molecule has 1 saturated heterocycles. The first-order valence-corrected chi connectivity index (χ1v) is 7.81. The van der Waals surface area contributed by atoms with Crippen LogP contribution in [0.15, 0.2) is 0 Å². The predicted octanol–water partition coefficient (Wildman–Crippen LogP) is 2.27. The minimum atomic E-state index is 0.727. The van der Waals surface area contributed by atoms with Gasteiger partial charge in [-0.15, -0.1) is 0 Å². The van der Waals surface area contributed by atoms with Gasteiger partial charge in [-0.1, -0.05) is 19.8 Å². The van der Waals surface area contributed by atoms with Gasteiger partial charge >= 0.3 is 0 Å².